The number of H-pyrrole nitrogens is 1. The van der Waals surface area contributed by atoms with Crippen molar-refractivity contribution in [3.63, 3.8) is 0 Å². The zero-order valence-electron chi connectivity index (χ0n) is 20.6. The zero-order valence-corrected chi connectivity index (χ0v) is 20.6. The fraction of sp³-hybridized carbons (Fsp3) is 0.346. The molecule has 3 aromatic heterocycles. The fourth-order valence-corrected chi connectivity index (χ4v) is 3.57. The van der Waals surface area contributed by atoms with Crippen LogP contribution in [0.4, 0.5) is 5.69 Å². The van der Waals surface area contributed by atoms with Crippen LogP contribution in [-0.2, 0) is 18.9 Å². The van der Waals surface area contributed by atoms with E-state index in [1.54, 1.807) is 42.1 Å². The predicted octanol–water partition coefficient (Wildman–Crippen LogP) is 2.96. The number of carbonyl (C=O) groups is 2. The highest BCUT2D eigenvalue weighted by Gasteiger charge is 2.11. The summed E-state index contributed by atoms with van der Waals surface area (Å²) in [5.41, 5.74) is 2.76. The van der Waals surface area contributed by atoms with Crippen molar-refractivity contribution in [2.75, 3.05) is 65.3 Å². The van der Waals surface area contributed by atoms with Gasteiger partial charge in [-0.2, -0.15) is 0 Å². The number of benzene rings is 1. The van der Waals surface area contributed by atoms with Gasteiger partial charge < -0.3 is 38.4 Å². The second kappa shape index (κ2) is 13.5. The monoisotopic (exact) mass is 510 g/mol. The number of aldehydes is 1. The number of aromatic nitrogens is 3. The van der Waals surface area contributed by atoms with Gasteiger partial charge in [0.05, 0.1) is 51.9 Å². The van der Waals surface area contributed by atoms with E-state index >= 15 is 0 Å². The number of methoxy groups -OCH3 is 1. The highest BCUT2D eigenvalue weighted by Crippen LogP contribution is 2.22. The maximum atomic E-state index is 12.8. The number of anilines is 1. The lowest BCUT2D eigenvalue weighted by molar-refractivity contribution is 0.000169. The summed E-state index contributed by atoms with van der Waals surface area (Å²) in [7, 11) is 1.64. The molecule has 0 saturated heterocycles. The van der Waals surface area contributed by atoms with Crippen LogP contribution in [0.2, 0.25) is 0 Å². The molecule has 0 saturated carbocycles. The molecule has 0 bridgehead atoms. The molecule has 4 aromatic rings. The maximum Gasteiger partial charge on any atom is 0.272 e. The van der Waals surface area contributed by atoms with E-state index in [0.29, 0.717) is 87.6 Å². The quantitative estimate of drug-likeness (QED) is 0.174. The molecular weight excluding hydrogens is 480 g/mol. The molecule has 0 atom stereocenters. The number of amides is 1. The minimum absolute atomic E-state index is 0.286. The maximum absolute atomic E-state index is 12.8. The van der Waals surface area contributed by atoms with Gasteiger partial charge >= 0.3 is 0 Å². The van der Waals surface area contributed by atoms with Crippen LogP contribution in [0.1, 0.15) is 21.0 Å². The lowest BCUT2D eigenvalue weighted by Gasteiger charge is -2.08. The minimum atomic E-state index is -0.286. The Labute approximate surface area is 213 Å². The number of ether oxygens (including phenoxy) is 5. The Balaban J connectivity index is 1.19. The molecule has 11 nitrogen and oxygen atoms in total. The number of hydrogen-bond acceptors (Lipinski definition) is 8. The lowest BCUT2D eigenvalue weighted by atomic mass is 10.2. The van der Waals surface area contributed by atoms with Crippen LogP contribution in [0.5, 0.6) is 5.75 Å². The molecule has 0 aliphatic rings. The van der Waals surface area contributed by atoms with Gasteiger partial charge in [-0.15, -0.1) is 0 Å². The van der Waals surface area contributed by atoms with Crippen molar-refractivity contribution in [1.82, 2.24) is 14.4 Å². The van der Waals surface area contributed by atoms with E-state index in [-0.39, 0.29) is 5.91 Å². The van der Waals surface area contributed by atoms with Crippen LogP contribution in [0.25, 0.3) is 16.6 Å². The number of hydrogen-bond donors (Lipinski definition) is 2. The Kier molecular flexibility index (Phi) is 9.60. The highest BCUT2D eigenvalue weighted by molar-refractivity contribution is 6.06. The first-order chi connectivity index (χ1) is 18.2. The first-order valence-electron chi connectivity index (χ1n) is 11.9. The molecule has 4 rings (SSSR count). The molecule has 1 amide bonds. The van der Waals surface area contributed by atoms with Crippen molar-refractivity contribution >= 4 is 34.4 Å². The van der Waals surface area contributed by atoms with Crippen LogP contribution >= 0.6 is 0 Å². The molecule has 1 aromatic carbocycles. The summed E-state index contributed by atoms with van der Waals surface area (Å²) in [5, 5.41) is 3.71. The molecule has 0 aliphatic carbocycles. The Bertz CT molecular complexity index is 1320. The van der Waals surface area contributed by atoms with Gasteiger partial charge in [0.1, 0.15) is 29.4 Å². The van der Waals surface area contributed by atoms with Gasteiger partial charge in [0, 0.05) is 30.4 Å². The van der Waals surface area contributed by atoms with Crippen molar-refractivity contribution in [1.29, 1.82) is 0 Å². The summed E-state index contributed by atoms with van der Waals surface area (Å²) >= 11 is 0. The third-order valence-electron chi connectivity index (χ3n) is 5.36. The van der Waals surface area contributed by atoms with Crippen molar-refractivity contribution < 1.29 is 33.3 Å². The SMILES string of the molecule is COCCOCCOCCOCCOc1ccc2[nH]c(C(=O)Nc3ccc4nc(C=O)cn4c3)cc2c1. The summed E-state index contributed by atoms with van der Waals surface area (Å²) in [6, 6.07) is 10.8. The van der Waals surface area contributed by atoms with Crippen LogP contribution in [0.15, 0.2) is 48.8 Å². The highest BCUT2D eigenvalue weighted by atomic mass is 16.6. The van der Waals surface area contributed by atoms with Crippen molar-refractivity contribution in [2.45, 2.75) is 0 Å². The largest absolute Gasteiger partial charge is 0.491 e. The number of nitrogens with zero attached hydrogens (tertiary/aromatic N) is 2. The Morgan fingerprint density at radius 3 is 2.41 bits per heavy atom. The molecule has 0 unspecified atom stereocenters. The average Bonchev–Trinajstić information content (AvgIpc) is 3.52. The average molecular weight is 511 g/mol. The Morgan fingerprint density at radius 2 is 1.68 bits per heavy atom. The summed E-state index contributed by atoms with van der Waals surface area (Å²) in [4.78, 5) is 31.0. The first-order valence-corrected chi connectivity index (χ1v) is 11.9. The number of carbonyl (C=O) groups excluding carboxylic acids is 2. The summed E-state index contributed by atoms with van der Waals surface area (Å²) in [6.07, 6.45) is 3.99. The van der Waals surface area contributed by atoms with Gasteiger partial charge in [-0.05, 0) is 36.4 Å². The molecule has 37 heavy (non-hydrogen) atoms. The van der Waals surface area contributed by atoms with E-state index in [4.69, 9.17) is 23.7 Å². The van der Waals surface area contributed by atoms with Gasteiger partial charge in [0.2, 0.25) is 0 Å². The van der Waals surface area contributed by atoms with Crippen molar-refractivity contribution in [2.24, 2.45) is 0 Å². The standard InChI is InChI=1S/C26H30N4O7/c1-33-6-7-34-8-9-35-10-11-36-12-13-37-22-3-4-23-19(14-22)15-24(29-23)26(32)28-20-2-5-25-27-21(18-31)17-30(25)16-20/h2-5,14-18,29H,6-13H2,1H3,(H,28,32). The van der Waals surface area contributed by atoms with Gasteiger partial charge in [0.15, 0.2) is 6.29 Å². The smallest absolute Gasteiger partial charge is 0.272 e. The fourth-order valence-electron chi connectivity index (χ4n) is 3.57. The second-order valence-electron chi connectivity index (χ2n) is 8.03. The summed E-state index contributed by atoms with van der Waals surface area (Å²) in [6.45, 7) is 3.97. The third-order valence-corrected chi connectivity index (χ3v) is 5.36. The summed E-state index contributed by atoms with van der Waals surface area (Å²) < 4.78 is 28.6. The molecule has 0 radical (unpaired) electrons. The number of pyridine rings is 1. The first kappa shape index (κ1) is 26.3. The van der Waals surface area contributed by atoms with Crippen molar-refractivity contribution in [3.8, 4) is 5.75 Å². The van der Waals surface area contributed by atoms with Crippen LogP contribution in [-0.4, -0.2) is 86.5 Å². The molecule has 2 N–H and O–H groups in total. The Morgan fingerprint density at radius 1 is 0.946 bits per heavy atom. The normalized spacial score (nSPS) is 11.3. The van der Waals surface area contributed by atoms with Crippen LogP contribution in [0.3, 0.4) is 0 Å². The van der Waals surface area contributed by atoms with Crippen molar-refractivity contribution in [3.05, 3.63) is 60.2 Å². The number of aromatic amines is 1. The van der Waals surface area contributed by atoms with Gasteiger partial charge in [-0.1, -0.05) is 0 Å². The van der Waals surface area contributed by atoms with Crippen LogP contribution in [0, 0.1) is 0 Å². The van der Waals surface area contributed by atoms with E-state index in [9.17, 15) is 9.59 Å². The van der Waals surface area contributed by atoms with E-state index in [2.05, 4.69) is 15.3 Å². The molecule has 11 heteroatoms. The van der Waals surface area contributed by atoms with Gasteiger partial charge in [0.25, 0.3) is 5.91 Å². The van der Waals surface area contributed by atoms with E-state index in [0.717, 1.165) is 10.9 Å². The van der Waals surface area contributed by atoms with Crippen LogP contribution < -0.4 is 10.1 Å². The molecule has 0 spiro atoms. The lowest BCUT2D eigenvalue weighted by Crippen LogP contribution is -2.13. The predicted molar refractivity (Wildman–Crippen MR) is 137 cm³/mol. The van der Waals surface area contributed by atoms with E-state index in [1.165, 1.54) is 0 Å². The molecule has 3 heterocycles. The number of imidazole rings is 1. The molecule has 196 valence electrons. The molecule has 0 aliphatic heterocycles. The Hall–Kier alpha value is -3.77. The van der Waals surface area contributed by atoms with Gasteiger partial charge in [-0.25, -0.2) is 4.98 Å². The third kappa shape index (κ3) is 7.61. The number of fused-ring (bicyclic) bond motifs is 2. The topological polar surface area (TPSA) is 125 Å². The minimum Gasteiger partial charge on any atom is -0.491 e. The summed E-state index contributed by atoms with van der Waals surface area (Å²) in [5.74, 6) is 0.397. The van der Waals surface area contributed by atoms with E-state index < -0.39 is 0 Å². The van der Waals surface area contributed by atoms with E-state index in [1.807, 2.05) is 18.2 Å². The number of nitrogens with one attached hydrogen (secondary N) is 2. The number of rotatable bonds is 16. The second-order valence-corrected chi connectivity index (χ2v) is 8.03. The van der Waals surface area contributed by atoms with Gasteiger partial charge in [-0.3, -0.25) is 9.59 Å². The zero-order chi connectivity index (χ0) is 25.9. The molecular formula is C26H30N4O7. The molecule has 0 fully saturated rings.